The molecule has 0 aliphatic heterocycles. The van der Waals surface area contributed by atoms with Crippen LogP contribution in [0.4, 0.5) is 0 Å². The molecule has 2 rings (SSSR count). The molecule has 4 heteroatoms. The highest BCUT2D eigenvalue weighted by atomic mass is 16.5. The molecule has 0 spiro atoms. The molecule has 0 fully saturated rings. The topological polar surface area (TPSA) is 53.3 Å². The molecule has 0 atom stereocenters. The molecule has 0 bridgehead atoms. The van der Waals surface area contributed by atoms with Crippen LogP contribution >= 0.6 is 0 Å². The lowest BCUT2D eigenvalue weighted by molar-refractivity contribution is 0.0752. The Bertz CT molecular complexity index is 687. The fourth-order valence-corrected chi connectivity index (χ4v) is 2.18. The summed E-state index contributed by atoms with van der Waals surface area (Å²) in [5.74, 6) is 0.718. The Morgan fingerprint density at radius 3 is 2.55 bits per heavy atom. The van der Waals surface area contributed by atoms with Gasteiger partial charge in [0.25, 0.3) is 5.91 Å². The Balaban J connectivity index is 2.16. The highest BCUT2D eigenvalue weighted by molar-refractivity contribution is 5.94. The minimum atomic E-state index is -0.0737. The van der Waals surface area contributed by atoms with Crippen LogP contribution < -0.4 is 4.74 Å². The summed E-state index contributed by atoms with van der Waals surface area (Å²) < 4.78 is 5.13. The van der Waals surface area contributed by atoms with Gasteiger partial charge in [0.1, 0.15) is 5.75 Å². The summed E-state index contributed by atoms with van der Waals surface area (Å²) in [6, 6.07) is 16.5. The van der Waals surface area contributed by atoms with Gasteiger partial charge >= 0.3 is 0 Å². The van der Waals surface area contributed by atoms with E-state index in [-0.39, 0.29) is 5.91 Å². The number of hydrogen-bond donors (Lipinski definition) is 0. The van der Waals surface area contributed by atoms with E-state index >= 15 is 0 Å². The van der Waals surface area contributed by atoms with Gasteiger partial charge < -0.3 is 9.64 Å². The largest absolute Gasteiger partial charge is 0.497 e. The zero-order valence-electron chi connectivity index (χ0n) is 12.7. The quantitative estimate of drug-likeness (QED) is 0.850. The summed E-state index contributed by atoms with van der Waals surface area (Å²) in [6.07, 6.45) is 0. The van der Waals surface area contributed by atoms with E-state index in [4.69, 9.17) is 10.00 Å². The maximum Gasteiger partial charge on any atom is 0.254 e. The molecule has 0 saturated heterocycles. The predicted molar refractivity (Wildman–Crippen MR) is 84.6 cm³/mol. The second-order valence-electron chi connectivity index (χ2n) is 4.86. The fraction of sp³-hybridized carbons (Fsp3) is 0.222. The van der Waals surface area contributed by atoms with E-state index < -0.39 is 0 Å². The monoisotopic (exact) mass is 294 g/mol. The highest BCUT2D eigenvalue weighted by Gasteiger charge is 2.15. The molecule has 0 aromatic heterocycles. The van der Waals surface area contributed by atoms with Crippen LogP contribution in [0.3, 0.4) is 0 Å². The maximum atomic E-state index is 12.6. The summed E-state index contributed by atoms with van der Waals surface area (Å²) in [5.41, 5.74) is 2.06. The summed E-state index contributed by atoms with van der Waals surface area (Å²) >= 11 is 0. The summed E-state index contributed by atoms with van der Waals surface area (Å²) in [4.78, 5) is 14.3. The minimum Gasteiger partial charge on any atom is -0.497 e. The molecule has 2 aromatic rings. The average molecular weight is 294 g/mol. The number of carbonyl (C=O) groups excluding carboxylic acids is 1. The first-order chi connectivity index (χ1) is 10.7. The normalized spacial score (nSPS) is 9.86. The van der Waals surface area contributed by atoms with Gasteiger partial charge in [0, 0.05) is 18.7 Å². The Hall–Kier alpha value is -2.80. The minimum absolute atomic E-state index is 0.0737. The lowest BCUT2D eigenvalue weighted by atomic mass is 10.1. The Morgan fingerprint density at radius 2 is 1.95 bits per heavy atom. The van der Waals surface area contributed by atoms with Crippen LogP contribution in [0.5, 0.6) is 5.75 Å². The van der Waals surface area contributed by atoms with E-state index in [1.54, 1.807) is 36.3 Å². The Morgan fingerprint density at radius 1 is 1.23 bits per heavy atom. The van der Waals surface area contributed by atoms with E-state index in [1.807, 2.05) is 31.2 Å². The van der Waals surface area contributed by atoms with Crippen molar-refractivity contribution < 1.29 is 9.53 Å². The van der Waals surface area contributed by atoms with E-state index in [0.29, 0.717) is 24.2 Å². The zero-order chi connectivity index (χ0) is 15.9. The fourth-order valence-electron chi connectivity index (χ4n) is 2.18. The standard InChI is InChI=1S/C18H18N2O2/c1-3-20(13-14-7-9-17(22-2)10-8-14)18(21)16-6-4-5-15(11-16)12-19/h4-11H,3,13H2,1-2H3. The molecule has 0 N–H and O–H groups in total. The number of methoxy groups -OCH3 is 1. The lowest BCUT2D eigenvalue weighted by Crippen LogP contribution is -2.30. The third kappa shape index (κ3) is 3.64. The number of amides is 1. The van der Waals surface area contributed by atoms with Gasteiger partial charge in [-0.25, -0.2) is 0 Å². The smallest absolute Gasteiger partial charge is 0.254 e. The molecule has 112 valence electrons. The Labute approximate surface area is 130 Å². The van der Waals surface area contributed by atoms with E-state index in [2.05, 4.69) is 6.07 Å². The maximum absolute atomic E-state index is 12.6. The van der Waals surface area contributed by atoms with Crippen molar-refractivity contribution in [1.82, 2.24) is 4.90 Å². The van der Waals surface area contributed by atoms with Gasteiger partial charge in [0.2, 0.25) is 0 Å². The number of carbonyl (C=O) groups is 1. The van der Waals surface area contributed by atoms with E-state index in [1.165, 1.54) is 0 Å². The number of nitrogens with zero attached hydrogens (tertiary/aromatic N) is 2. The van der Waals surface area contributed by atoms with Crippen LogP contribution in [0, 0.1) is 11.3 Å². The van der Waals surface area contributed by atoms with Crippen molar-refractivity contribution in [3.8, 4) is 11.8 Å². The lowest BCUT2D eigenvalue weighted by Gasteiger charge is -2.21. The van der Waals surface area contributed by atoms with Crippen molar-refractivity contribution in [2.24, 2.45) is 0 Å². The third-order valence-corrected chi connectivity index (χ3v) is 3.44. The third-order valence-electron chi connectivity index (χ3n) is 3.44. The molecule has 1 amide bonds. The predicted octanol–water partition coefficient (Wildman–Crippen LogP) is 3.23. The van der Waals surface area contributed by atoms with Crippen LogP contribution in [0.2, 0.25) is 0 Å². The molecule has 0 heterocycles. The summed E-state index contributed by atoms with van der Waals surface area (Å²) in [7, 11) is 1.62. The van der Waals surface area contributed by atoms with Crippen LogP contribution in [-0.2, 0) is 6.54 Å². The first kappa shape index (κ1) is 15.6. The van der Waals surface area contributed by atoms with Gasteiger partial charge in [-0.2, -0.15) is 5.26 Å². The van der Waals surface area contributed by atoms with Gasteiger partial charge in [-0.1, -0.05) is 18.2 Å². The molecule has 0 aliphatic carbocycles. The van der Waals surface area contributed by atoms with Gasteiger partial charge in [0.05, 0.1) is 18.7 Å². The SMILES string of the molecule is CCN(Cc1ccc(OC)cc1)C(=O)c1cccc(C#N)c1. The van der Waals surface area contributed by atoms with E-state index in [0.717, 1.165) is 11.3 Å². The van der Waals surface area contributed by atoms with Crippen LogP contribution in [-0.4, -0.2) is 24.5 Å². The molecule has 4 nitrogen and oxygen atoms in total. The Kier molecular flexibility index (Phi) is 5.16. The average Bonchev–Trinajstić information content (AvgIpc) is 2.59. The molecule has 0 radical (unpaired) electrons. The molecular weight excluding hydrogens is 276 g/mol. The molecular formula is C18H18N2O2. The number of rotatable bonds is 5. The van der Waals surface area contributed by atoms with Crippen LogP contribution in [0.15, 0.2) is 48.5 Å². The van der Waals surface area contributed by atoms with Crippen molar-refractivity contribution in [3.05, 3.63) is 65.2 Å². The molecule has 0 aliphatic rings. The summed E-state index contributed by atoms with van der Waals surface area (Å²) in [5, 5.41) is 8.94. The first-order valence-corrected chi connectivity index (χ1v) is 7.10. The van der Waals surface area contributed by atoms with Crippen LogP contribution in [0.1, 0.15) is 28.4 Å². The number of ether oxygens (including phenoxy) is 1. The molecule has 22 heavy (non-hydrogen) atoms. The van der Waals surface area contributed by atoms with Crippen molar-refractivity contribution in [2.45, 2.75) is 13.5 Å². The van der Waals surface area contributed by atoms with Crippen molar-refractivity contribution in [2.75, 3.05) is 13.7 Å². The second kappa shape index (κ2) is 7.28. The van der Waals surface area contributed by atoms with Gasteiger partial charge in [-0.15, -0.1) is 0 Å². The number of benzene rings is 2. The summed E-state index contributed by atoms with van der Waals surface area (Å²) in [6.45, 7) is 3.06. The van der Waals surface area contributed by atoms with E-state index in [9.17, 15) is 4.79 Å². The van der Waals surface area contributed by atoms with Crippen molar-refractivity contribution >= 4 is 5.91 Å². The molecule has 2 aromatic carbocycles. The second-order valence-corrected chi connectivity index (χ2v) is 4.86. The number of hydrogen-bond acceptors (Lipinski definition) is 3. The van der Waals surface area contributed by atoms with Gasteiger partial charge in [0.15, 0.2) is 0 Å². The van der Waals surface area contributed by atoms with Crippen molar-refractivity contribution in [1.29, 1.82) is 5.26 Å². The highest BCUT2D eigenvalue weighted by Crippen LogP contribution is 2.15. The van der Waals surface area contributed by atoms with Crippen LogP contribution in [0.25, 0.3) is 0 Å². The first-order valence-electron chi connectivity index (χ1n) is 7.10. The molecule has 0 unspecified atom stereocenters. The zero-order valence-corrected chi connectivity index (χ0v) is 12.7. The van der Waals surface area contributed by atoms with Gasteiger partial charge in [-0.05, 0) is 42.8 Å². The van der Waals surface area contributed by atoms with Gasteiger partial charge in [-0.3, -0.25) is 4.79 Å². The van der Waals surface area contributed by atoms with Crippen molar-refractivity contribution in [3.63, 3.8) is 0 Å². The molecule has 0 saturated carbocycles. The number of nitriles is 1.